The molecule has 1 unspecified atom stereocenters. The molecule has 0 radical (unpaired) electrons. The molecule has 1 fully saturated rings. The zero-order valence-corrected chi connectivity index (χ0v) is 12.0. The van der Waals surface area contributed by atoms with Crippen molar-refractivity contribution in [3.8, 4) is 5.75 Å². The maximum absolute atomic E-state index is 12.2. The molecule has 2 atom stereocenters. The molecule has 1 aromatic rings. The van der Waals surface area contributed by atoms with E-state index in [0.717, 1.165) is 5.56 Å². The number of rotatable bonds is 4. The number of morpholine rings is 1. The first-order valence-corrected chi connectivity index (χ1v) is 6.96. The van der Waals surface area contributed by atoms with Gasteiger partial charge in [-0.25, -0.2) is 0 Å². The Morgan fingerprint density at radius 2 is 1.85 bits per heavy atom. The van der Waals surface area contributed by atoms with Crippen molar-refractivity contribution in [1.82, 2.24) is 4.90 Å². The van der Waals surface area contributed by atoms with Crippen molar-refractivity contribution in [3.05, 3.63) is 29.8 Å². The van der Waals surface area contributed by atoms with Gasteiger partial charge in [-0.1, -0.05) is 12.1 Å². The fourth-order valence-corrected chi connectivity index (χ4v) is 2.15. The van der Waals surface area contributed by atoms with E-state index in [1.54, 1.807) is 11.8 Å². The minimum absolute atomic E-state index is 0.00328. The summed E-state index contributed by atoms with van der Waals surface area (Å²) in [5.41, 5.74) is 6.84. The van der Waals surface area contributed by atoms with E-state index >= 15 is 0 Å². The molecule has 2 rings (SSSR count). The smallest absolute Gasteiger partial charge is 0.263 e. The normalized spacial score (nSPS) is 18.4. The summed E-state index contributed by atoms with van der Waals surface area (Å²) in [5.74, 6) is 0.688. The zero-order chi connectivity index (χ0) is 14.5. The second kappa shape index (κ2) is 6.72. The van der Waals surface area contributed by atoms with Crippen LogP contribution >= 0.6 is 0 Å². The van der Waals surface area contributed by atoms with Gasteiger partial charge in [0.05, 0.1) is 13.2 Å². The third kappa shape index (κ3) is 3.71. The van der Waals surface area contributed by atoms with E-state index in [4.69, 9.17) is 15.2 Å². The zero-order valence-electron chi connectivity index (χ0n) is 12.0. The molecule has 2 N–H and O–H groups in total. The van der Waals surface area contributed by atoms with E-state index in [1.165, 1.54) is 0 Å². The van der Waals surface area contributed by atoms with Crippen LogP contribution in [0.15, 0.2) is 24.3 Å². The van der Waals surface area contributed by atoms with Gasteiger partial charge >= 0.3 is 0 Å². The van der Waals surface area contributed by atoms with Crippen LogP contribution in [-0.2, 0) is 9.53 Å². The largest absolute Gasteiger partial charge is 0.481 e. The average molecular weight is 278 g/mol. The topological polar surface area (TPSA) is 64.8 Å². The molecule has 1 aromatic carbocycles. The van der Waals surface area contributed by atoms with Crippen LogP contribution in [0, 0.1) is 0 Å². The Labute approximate surface area is 119 Å². The first-order chi connectivity index (χ1) is 9.58. The molecule has 0 saturated carbocycles. The Bertz CT molecular complexity index is 439. The molecule has 110 valence electrons. The maximum atomic E-state index is 12.2. The Hall–Kier alpha value is -1.59. The van der Waals surface area contributed by atoms with E-state index in [1.807, 2.05) is 31.2 Å². The van der Waals surface area contributed by atoms with Gasteiger partial charge in [0.2, 0.25) is 0 Å². The summed E-state index contributed by atoms with van der Waals surface area (Å²) in [6, 6.07) is 7.54. The van der Waals surface area contributed by atoms with Crippen molar-refractivity contribution in [2.45, 2.75) is 26.0 Å². The lowest BCUT2D eigenvalue weighted by Gasteiger charge is -2.29. The van der Waals surface area contributed by atoms with Crippen LogP contribution in [0.25, 0.3) is 0 Å². The van der Waals surface area contributed by atoms with Gasteiger partial charge in [-0.3, -0.25) is 4.79 Å². The van der Waals surface area contributed by atoms with E-state index in [9.17, 15) is 4.79 Å². The quantitative estimate of drug-likeness (QED) is 0.902. The predicted molar refractivity (Wildman–Crippen MR) is 76.5 cm³/mol. The number of nitrogens with two attached hydrogens (primary N) is 1. The molecule has 5 nitrogen and oxygen atoms in total. The number of benzene rings is 1. The van der Waals surface area contributed by atoms with Crippen molar-refractivity contribution in [1.29, 1.82) is 0 Å². The number of hydrogen-bond acceptors (Lipinski definition) is 4. The molecule has 1 aliphatic heterocycles. The second-order valence-corrected chi connectivity index (χ2v) is 5.06. The Balaban J connectivity index is 1.92. The summed E-state index contributed by atoms with van der Waals surface area (Å²) in [7, 11) is 0. The Morgan fingerprint density at radius 1 is 1.25 bits per heavy atom. The number of hydrogen-bond donors (Lipinski definition) is 1. The number of ether oxygens (including phenoxy) is 2. The summed E-state index contributed by atoms with van der Waals surface area (Å²) < 4.78 is 10.9. The molecule has 1 amide bonds. The van der Waals surface area contributed by atoms with Crippen LogP contribution in [0.2, 0.25) is 0 Å². The van der Waals surface area contributed by atoms with Gasteiger partial charge in [-0.15, -0.1) is 0 Å². The van der Waals surface area contributed by atoms with Gasteiger partial charge in [0.15, 0.2) is 6.10 Å². The number of carbonyl (C=O) groups excluding carboxylic acids is 1. The van der Waals surface area contributed by atoms with Gasteiger partial charge in [0, 0.05) is 19.1 Å². The molecular formula is C15H22N2O3. The highest BCUT2D eigenvalue weighted by Gasteiger charge is 2.23. The minimum Gasteiger partial charge on any atom is -0.481 e. The molecule has 0 aliphatic carbocycles. The third-order valence-corrected chi connectivity index (χ3v) is 3.39. The molecule has 20 heavy (non-hydrogen) atoms. The number of nitrogens with zero attached hydrogens (tertiary/aromatic N) is 1. The first kappa shape index (κ1) is 14.8. The average Bonchev–Trinajstić information content (AvgIpc) is 2.48. The summed E-state index contributed by atoms with van der Waals surface area (Å²) in [6.45, 7) is 6.17. The van der Waals surface area contributed by atoms with Crippen LogP contribution < -0.4 is 10.5 Å². The van der Waals surface area contributed by atoms with Crippen molar-refractivity contribution in [2.24, 2.45) is 5.73 Å². The highest BCUT2D eigenvalue weighted by molar-refractivity contribution is 5.81. The highest BCUT2D eigenvalue weighted by Crippen LogP contribution is 2.18. The molecule has 0 bridgehead atoms. The van der Waals surface area contributed by atoms with Crippen molar-refractivity contribution >= 4 is 5.91 Å². The molecule has 1 aliphatic rings. The van der Waals surface area contributed by atoms with Crippen LogP contribution in [0.5, 0.6) is 5.75 Å². The van der Waals surface area contributed by atoms with E-state index < -0.39 is 6.10 Å². The Kier molecular flexibility index (Phi) is 4.98. The molecule has 0 aromatic heterocycles. The monoisotopic (exact) mass is 278 g/mol. The number of amides is 1. The summed E-state index contributed by atoms with van der Waals surface area (Å²) in [5, 5.41) is 0. The van der Waals surface area contributed by atoms with Crippen molar-refractivity contribution < 1.29 is 14.3 Å². The SMILES string of the molecule is CC(Oc1ccc([C@H](C)N)cc1)C(=O)N1CCOCC1. The first-order valence-electron chi connectivity index (χ1n) is 6.96. The molecular weight excluding hydrogens is 256 g/mol. The highest BCUT2D eigenvalue weighted by atomic mass is 16.5. The van der Waals surface area contributed by atoms with E-state index in [2.05, 4.69) is 0 Å². The molecule has 0 spiro atoms. The van der Waals surface area contributed by atoms with Gasteiger partial charge in [-0.05, 0) is 31.5 Å². The van der Waals surface area contributed by atoms with Crippen molar-refractivity contribution in [2.75, 3.05) is 26.3 Å². The summed E-state index contributed by atoms with van der Waals surface area (Å²) in [6.07, 6.45) is -0.491. The van der Waals surface area contributed by atoms with Gasteiger partial charge < -0.3 is 20.1 Å². The van der Waals surface area contributed by atoms with Crippen LogP contribution in [0.3, 0.4) is 0 Å². The van der Waals surface area contributed by atoms with Crippen LogP contribution in [0.4, 0.5) is 0 Å². The standard InChI is InChI=1S/C15H22N2O3/c1-11(16)13-3-5-14(6-4-13)20-12(2)15(18)17-7-9-19-10-8-17/h3-6,11-12H,7-10,16H2,1-2H3/t11-,12?/m0/s1. The fourth-order valence-electron chi connectivity index (χ4n) is 2.15. The predicted octanol–water partition coefficient (Wildman–Crippen LogP) is 1.33. The number of carbonyl (C=O) groups is 1. The fraction of sp³-hybridized carbons (Fsp3) is 0.533. The summed E-state index contributed by atoms with van der Waals surface area (Å²) >= 11 is 0. The molecule has 1 saturated heterocycles. The van der Waals surface area contributed by atoms with Gasteiger partial charge in [-0.2, -0.15) is 0 Å². The lowest BCUT2D eigenvalue weighted by Crippen LogP contribution is -2.46. The molecule has 5 heteroatoms. The van der Waals surface area contributed by atoms with Gasteiger partial charge in [0.25, 0.3) is 5.91 Å². The van der Waals surface area contributed by atoms with Crippen LogP contribution in [-0.4, -0.2) is 43.2 Å². The van der Waals surface area contributed by atoms with E-state index in [-0.39, 0.29) is 11.9 Å². The lowest BCUT2D eigenvalue weighted by molar-refractivity contribution is -0.142. The summed E-state index contributed by atoms with van der Waals surface area (Å²) in [4.78, 5) is 14.0. The van der Waals surface area contributed by atoms with Crippen LogP contribution in [0.1, 0.15) is 25.5 Å². The maximum Gasteiger partial charge on any atom is 0.263 e. The Morgan fingerprint density at radius 3 is 2.40 bits per heavy atom. The lowest BCUT2D eigenvalue weighted by atomic mass is 10.1. The second-order valence-electron chi connectivity index (χ2n) is 5.06. The minimum atomic E-state index is -0.491. The van der Waals surface area contributed by atoms with E-state index in [0.29, 0.717) is 32.1 Å². The molecule has 1 heterocycles. The van der Waals surface area contributed by atoms with Crippen molar-refractivity contribution in [3.63, 3.8) is 0 Å². The van der Waals surface area contributed by atoms with Gasteiger partial charge in [0.1, 0.15) is 5.75 Å². The third-order valence-electron chi connectivity index (χ3n) is 3.39.